The van der Waals surface area contributed by atoms with Crippen LogP contribution >= 0.6 is 0 Å². The summed E-state index contributed by atoms with van der Waals surface area (Å²) in [5, 5.41) is 6.98. The van der Waals surface area contributed by atoms with Gasteiger partial charge in [0.2, 0.25) is 5.91 Å². The minimum Gasteiger partial charge on any atom is -0.367 e. The van der Waals surface area contributed by atoms with Crippen molar-refractivity contribution in [1.82, 2.24) is 20.1 Å². The van der Waals surface area contributed by atoms with E-state index in [4.69, 9.17) is 4.74 Å². The second-order valence-electron chi connectivity index (χ2n) is 6.38. The van der Waals surface area contributed by atoms with E-state index in [1.165, 1.54) is 6.07 Å². The summed E-state index contributed by atoms with van der Waals surface area (Å²) in [6, 6.07) is 6.14. The van der Waals surface area contributed by atoms with Crippen molar-refractivity contribution in [1.29, 1.82) is 0 Å². The topological polar surface area (TPSA) is 74.3 Å². The third-order valence-corrected chi connectivity index (χ3v) is 4.76. The third kappa shape index (κ3) is 3.03. The van der Waals surface area contributed by atoms with Crippen molar-refractivity contribution in [3.63, 3.8) is 0 Å². The van der Waals surface area contributed by atoms with Crippen molar-refractivity contribution in [2.24, 2.45) is 0 Å². The average molecular weight is 345 g/mol. The Morgan fingerprint density at radius 3 is 2.92 bits per heavy atom. The van der Waals surface area contributed by atoms with Gasteiger partial charge in [-0.15, -0.1) is 0 Å². The summed E-state index contributed by atoms with van der Waals surface area (Å²) in [6.45, 7) is 4.10. The molecule has 1 N–H and O–H groups in total. The van der Waals surface area contributed by atoms with Crippen molar-refractivity contribution in [3.8, 4) is 0 Å². The van der Waals surface area contributed by atoms with E-state index in [-0.39, 0.29) is 23.9 Å². The predicted molar refractivity (Wildman–Crippen MR) is 88.5 cm³/mol. The lowest BCUT2D eigenvalue weighted by Gasteiger charge is -2.34. The molecule has 1 aromatic carbocycles. The lowest BCUT2D eigenvalue weighted by molar-refractivity contribution is -0.125. The van der Waals surface area contributed by atoms with Gasteiger partial charge in [0.05, 0.1) is 18.3 Å². The lowest BCUT2D eigenvalue weighted by Crippen LogP contribution is -2.48. The highest BCUT2D eigenvalue weighted by molar-refractivity contribution is 5.99. The Morgan fingerprint density at radius 1 is 1.32 bits per heavy atom. The minimum atomic E-state index is -0.368. The van der Waals surface area contributed by atoms with Crippen molar-refractivity contribution >= 4 is 11.6 Å². The first kappa shape index (κ1) is 16.2. The Labute approximate surface area is 144 Å². The third-order valence-electron chi connectivity index (χ3n) is 4.76. The van der Waals surface area contributed by atoms with E-state index in [1.54, 1.807) is 23.1 Å². The number of aromatic nitrogens is 3. The molecule has 2 aromatic rings. The molecule has 25 heavy (non-hydrogen) atoms. The van der Waals surface area contributed by atoms with Crippen LogP contribution < -0.4 is 4.90 Å². The minimum absolute atomic E-state index is 0.0584. The molecule has 4 rings (SSSR count). The first-order valence-corrected chi connectivity index (χ1v) is 8.44. The Balaban J connectivity index is 1.49. The molecule has 0 aliphatic carbocycles. The molecule has 0 saturated carbocycles. The molecule has 132 valence electrons. The molecule has 8 heteroatoms. The highest BCUT2D eigenvalue weighted by atomic mass is 19.1. The van der Waals surface area contributed by atoms with Gasteiger partial charge in [0.1, 0.15) is 17.7 Å². The number of hydrogen-bond acceptors (Lipinski definition) is 5. The van der Waals surface area contributed by atoms with Gasteiger partial charge < -0.3 is 9.64 Å². The van der Waals surface area contributed by atoms with Gasteiger partial charge in [-0.25, -0.2) is 9.37 Å². The maximum absolute atomic E-state index is 14.0. The van der Waals surface area contributed by atoms with Gasteiger partial charge in [0.15, 0.2) is 5.82 Å². The fourth-order valence-electron chi connectivity index (χ4n) is 3.53. The van der Waals surface area contributed by atoms with Crippen LogP contribution in [-0.2, 0) is 9.53 Å². The standard InChI is InChI=1S/C17H20FN5O2/c1-11-19-16(21-20-11)15-10-22(8-9-25-15)14-6-7-23(17(14)24)13-5-3-2-4-12(13)18/h2-5,14-15H,6-10H2,1H3,(H,19,20,21)/t14-,15-/m0/s1. The number of aromatic amines is 1. The van der Waals surface area contributed by atoms with Gasteiger partial charge >= 0.3 is 0 Å². The van der Waals surface area contributed by atoms with Crippen LogP contribution in [-0.4, -0.2) is 58.3 Å². The number of anilines is 1. The first-order valence-electron chi connectivity index (χ1n) is 8.44. The van der Waals surface area contributed by atoms with Crippen LogP contribution in [0.5, 0.6) is 0 Å². The zero-order valence-corrected chi connectivity index (χ0v) is 14.0. The summed E-state index contributed by atoms with van der Waals surface area (Å²) in [6.07, 6.45) is 0.418. The quantitative estimate of drug-likeness (QED) is 0.911. The van der Waals surface area contributed by atoms with Crippen LogP contribution in [0.4, 0.5) is 10.1 Å². The molecule has 2 aliphatic rings. The Kier molecular flexibility index (Phi) is 4.22. The number of carbonyl (C=O) groups excluding carboxylic acids is 1. The first-order chi connectivity index (χ1) is 12.1. The van der Waals surface area contributed by atoms with Crippen LogP contribution in [0.15, 0.2) is 24.3 Å². The summed E-state index contributed by atoms with van der Waals surface area (Å²) < 4.78 is 19.8. The number of nitrogens with one attached hydrogen (secondary N) is 1. The van der Waals surface area contributed by atoms with E-state index in [2.05, 4.69) is 20.1 Å². The van der Waals surface area contributed by atoms with Crippen molar-refractivity contribution < 1.29 is 13.9 Å². The molecule has 0 bridgehead atoms. The molecule has 1 aromatic heterocycles. The van der Waals surface area contributed by atoms with Crippen LogP contribution in [0.3, 0.4) is 0 Å². The molecule has 0 radical (unpaired) electrons. The number of amides is 1. The molecule has 0 spiro atoms. The number of nitrogens with zero attached hydrogens (tertiary/aromatic N) is 4. The van der Waals surface area contributed by atoms with E-state index >= 15 is 0 Å². The number of aryl methyl sites for hydroxylation is 1. The lowest BCUT2D eigenvalue weighted by atomic mass is 10.1. The second kappa shape index (κ2) is 6.53. The summed E-state index contributed by atoms with van der Waals surface area (Å²) in [4.78, 5) is 20.8. The Morgan fingerprint density at radius 2 is 2.16 bits per heavy atom. The average Bonchev–Trinajstić information content (AvgIpc) is 3.22. The molecule has 7 nitrogen and oxygen atoms in total. The van der Waals surface area contributed by atoms with E-state index in [9.17, 15) is 9.18 Å². The maximum atomic E-state index is 14.0. The smallest absolute Gasteiger partial charge is 0.244 e. The highest BCUT2D eigenvalue weighted by Crippen LogP contribution is 2.29. The number of halogens is 1. The fourth-order valence-corrected chi connectivity index (χ4v) is 3.53. The van der Waals surface area contributed by atoms with Gasteiger partial charge in [-0.05, 0) is 25.5 Å². The summed E-state index contributed by atoms with van der Waals surface area (Å²) in [5.41, 5.74) is 0.351. The molecule has 2 saturated heterocycles. The number of benzene rings is 1. The number of rotatable bonds is 3. The number of ether oxygens (including phenoxy) is 1. The maximum Gasteiger partial charge on any atom is 0.244 e. The molecule has 2 atom stereocenters. The van der Waals surface area contributed by atoms with Gasteiger partial charge in [-0.2, -0.15) is 5.10 Å². The van der Waals surface area contributed by atoms with Crippen LogP contribution in [0.2, 0.25) is 0 Å². The molecule has 1 amide bonds. The normalized spacial score (nSPS) is 24.9. The van der Waals surface area contributed by atoms with Gasteiger partial charge in [-0.1, -0.05) is 12.1 Å². The number of H-pyrrole nitrogens is 1. The zero-order valence-electron chi connectivity index (χ0n) is 14.0. The van der Waals surface area contributed by atoms with Gasteiger partial charge in [0.25, 0.3) is 0 Å². The molecular weight excluding hydrogens is 325 g/mol. The number of para-hydroxylation sites is 1. The molecule has 2 aliphatic heterocycles. The fraction of sp³-hybridized carbons (Fsp3) is 0.471. The van der Waals surface area contributed by atoms with Gasteiger partial charge in [0, 0.05) is 19.6 Å². The van der Waals surface area contributed by atoms with E-state index in [0.29, 0.717) is 44.2 Å². The van der Waals surface area contributed by atoms with E-state index < -0.39 is 0 Å². The zero-order chi connectivity index (χ0) is 17.4. The molecular formula is C17H20FN5O2. The van der Waals surface area contributed by atoms with Gasteiger partial charge in [-0.3, -0.25) is 14.8 Å². The van der Waals surface area contributed by atoms with Crippen LogP contribution in [0.25, 0.3) is 0 Å². The van der Waals surface area contributed by atoms with E-state index in [1.807, 2.05) is 6.92 Å². The molecule has 3 heterocycles. The largest absolute Gasteiger partial charge is 0.367 e. The monoisotopic (exact) mass is 345 g/mol. The van der Waals surface area contributed by atoms with Crippen LogP contribution in [0.1, 0.15) is 24.2 Å². The van der Waals surface area contributed by atoms with Crippen LogP contribution in [0, 0.1) is 12.7 Å². The van der Waals surface area contributed by atoms with Crippen molar-refractivity contribution in [2.75, 3.05) is 31.1 Å². The number of carbonyl (C=O) groups is 1. The highest BCUT2D eigenvalue weighted by Gasteiger charge is 2.40. The summed E-state index contributed by atoms with van der Waals surface area (Å²) >= 11 is 0. The molecule has 2 fully saturated rings. The SMILES string of the molecule is Cc1nc([C@@H]2CN([C@H]3CCN(c4ccccc4F)C3=O)CCO2)n[nH]1. The second-order valence-corrected chi connectivity index (χ2v) is 6.38. The predicted octanol–water partition coefficient (Wildman–Crippen LogP) is 1.43. The number of morpholine rings is 1. The van der Waals surface area contributed by atoms with Crippen molar-refractivity contribution in [3.05, 3.63) is 41.7 Å². The summed E-state index contributed by atoms with van der Waals surface area (Å²) in [7, 11) is 0. The number of hydrogen-bond donors (Lipinski definition) is 1. The molecule has 0 unspecified atom stereocenters. The Bertz CT molecular complexity index is 780. The Hall–Kier alpha value is -2.32. The van der Waals surface area contributed by atoms with E-state index in [0.717, 1.165) is 5.82 Å². The summed E-state index contributed by atoms with van der Waals surface area (Å²) in [5.74, 6) is 0.918. The van der Waals surface area contributed by atoms with Crippen molar-refractivity contribution in [2.45, 2.75) is 25.5 Å².